The van der Waals surface area contributed by atoms with Crippen LogP contribution in [0, 0.1) is 24.7 Å². The zero-order chi connectivity index (χ0) is 37.0. The lowest BCUT2D eigenvalue weighted by molar-refractivity contribution is -0.252. The number of imide groups is 2. The van der Waals surface area contributed by atoms with Gasteiger partial charge in [0.2, 0.25) is 18.2 Å². The van der Waals surface area contributed by atoms with E-state index in [1.807, 2.05) is 13.0 Å². The molecule has 0 N–H and O–H groups in total. The van der Waals surface area contributed by atoms with Crippen LogP contribution in [0.3, 0.4) is 0 Å². The van der Waals surface area contributed by atoms with Crippen LogP contribution in [0.15, 0.2) is 78.9 Å². The molecule has 4 aromatic rings. The van der Waals surface area contributed by atoms with Gasteiger partial charge >= 0.3 is 0 Å². The van der Waals surface area contributed by atoms with Crippen LogP contribution in [0.5, 0.6) is 23.0 Å². The Bertz CT molecular complexity index is 2240. The Morgan fingerprint density at radius 1 is 0.741 bits per heavy atom. The van der Waals surface area contributed by atoms with Gasteiger partial charge in [-0.2, -0.15) is 0 Å². The van der Waals surface area contributed by atoms with Gasteiger partial charge in [0, 0.05) is 25.1 Å². The maximum Gasteiger partial charge on any atom is 0.260 e. The molecule has 10 rings (SSSR count). The van der Waals surface area contributed by atoms with E-state index < -0.39 is 11.3 Å². The van der Waals surface area contributed by atoms with E-state index in [0.717, 1.165) is 29.7 Å². The lowest BCUT2D eigenvalue weighted by Crippen LogP contribution is -2.56. The van der Waals surface area contributed by atoms with Gasteiger partial charge in [-0.3, -0.25) is 29.0 Å². The predicted octanol–water partition coefficient (Wildman–Crippen LogP) is 6.78. The summed E-state index contributed by atoms with van der Waals surface area (Å²) in [5.41, 5.74) is 6.45. The summed E-state index contributed by atoms with van der Waals surface area (Å²) in [6.45, 7) is 1.81. The highest BCUT2D eigenvalue weighted by Gasteiger charge is 2.57. The predicted molar refractivity (Wildman–Crippen MR) is 196 cm³/mol. The number of likely N-dealkylation sites (tertiary alicyclic amines) is 1. The van der Waals surface area contributed by atoms with Crippen LogP contribution in [-0.2, 0) is 29.3 Å². The Hall–Kier alpha value is -5.32. The molecule has 2 saturated carbocycles. The van der Waals surface area contributed by atoms with E-state index in [1.54, 1.807) is 19.2 Å². The fraction of sp³-hybridized carbons (Fsp3) is 0.364. The second-order valence-corrected chi connectivity index (χ2v) is 15.8. The summed E-state index contributed by atoms with van der Waals surface area (Å²) in [6.07, 6.45) is 3.28. The van der Waals surface area contributed by atoms with E-state index in [9.17, 15) is 19.2 Å². The topological polar surface area (TPSA) is 112 Å². The van der Waals surface area contributed by atoms with Crippen molar-refractivity contribution < 1.29 is 38.1 Å². The van der Waals surface area contributed by atoms with Gasteiger partial charge in [0.1, 0.15) is 0 Å². The van der Waals surface area contributed by atoms with Crippen molar-refractivity contribution in [3.8, 4) is 34.1 Å². The molecule has 2 saturated heterocycles. The first kappa shape index (κ1) is 33.3. The van der Waals surface area contributed by atoms with E-state index in [2.05, 4.69) is 60.7 Å². The van der Waals surface area contributed by atoms with Crippen molar-refractivity contribution in [2.24, 2.45) is 17.8 Å². The average molecular weight is 725 g/mol. The smallest absolute Gasteiger partial charge is 0.260 e. The first-order valence-electron chi connectivity index (χ1n) is 18.9. The van der Waals surface area contributed by atoms with Crippen LogP contribution < -0.4 is 9.47 Å². The van der Waals surface area contributed by atoms with Crippen molar-refractivity contribution in [2.75, 3.05) is 14.1 Å². The zero-order valence-electron chi connectivity index (χ0n) is 30.3. The molecule has 274 valence electrons. The molecule has 0 bridgehead atoms. The van der Waals surface area contributed by atoms with Crippen LogP contribution in [0.2, 0.25) is 0 Å². The van der Waals surface area contributed by atoms with Crippen LogP contribution in [0.25, 0.3) is 11.1 Å². The third kappa shape index (κ3) is 4.65. The zero-order valence-corrected chi connectivity index (χ0v) is 30.3. The summed E-state index contributed by atoms with van der Waals surface area (Å²) < 4.78 is 26.7. The van der Waals surface area contributed by atoms with Crippen molar-refractivity contribution in [2.45, 2.75) is 68.9 Å². The molecule has 54 heavy (non-hydrogen) atoms. The third-order valence-corrected chi connectivity index (χ3v) is 13.0. The van der Waals surface area contributed by atoms with Crippen molar-refractivity contribution in [3.63, 3.8) is 0 Å². The van der Waals surface area contributed by atoms with Gasteiger partial charge < -0.3 is 18.9 Å². The maximum absolute atomic E-state index is 13.0. The van der Waals surface area contributed by atoms with E-state index in [0.29, 0.717) is 53.4 Å². The summed E-state index contributed by atoms with van der Waals surface area (Å²) in [6, 6.07) is 26.9. The van der Waals surface area contributed by atoms with Crippen LogP contribution in [-0.4, -0.2) is 72.4 Å². The lowest BCUT2D eigenvalue weighted by atomic mass is 9.59. The van der Waals surface area contributed by atoms with Gasteiger partial charge in [-0.25, -0.2) is 0 Å². The first-order chi connectivity index (χ1) is 26.2. The Kier molecular flexibility index (Phi) is 7.45. The SMILES string of the molecule is Cc1cc2c(cc1C(=O)N(C)C=O)Oc1ccc(C3(C4CCC5OC6CC7C(=O)N(C)C(=O)C7CC6OC5C4)c4ccccc4-c4ccccc43)cc1O2. The molecule has 6 aliphatic rings. The van der Waals surface area contributed by atoms with E-state index in [-0.39, 0.29) is 54.0 Å². The number of hydrogen-bond donors (Lipinski definition) is 0. The fourth-order valence-electron chi connectivity index (χ4n) is 10.5. The minimum Gasteiger partial charge on any atom is -0.449 e. The van der Waals surface area contributed by atoms with Crippen LogP contribution >= 0.6 is 0 Å². The normalized spacial score (nSPS) is 28.2. The summed E-state index contributed by atoms with van der Waals surface area (Å²) in [5.74, 6) is 0.845. The van der Waals surface area contributed by atoms with Crippen molar-refractivity contribution >= 4 is 24.1 Å². The molecule has 3 aliphatic carbocycles. The molecule has 0 radical (unpaired) electrons. The Morgan fingerprint density at radius 2 is 1.31 bits per heavy atom. The highest BCUT2D eigenvalue weighted by Crippen LogP contribution is 2.61. The van der Waals surface area contributed by atoms with Crippen molar-refractivity contribution in [3.05, 3.63) is 107 Å². The molecule has 7 atom stereocenters. The number of ether oxygens (including phenoxy) is 4. The largest absolute Gasteiger partial charge is 0.449 e. The summed E-state index contributed by atoms with van der Waals surface area (Å²) in [4.78, 5) is 52.4. The minimum absolute atomic E-state index is 0.0870. The quantitative estimate of drug-likeness (QED) is 0.147. The summed E-state index contributed by atoms with van der Waals surface area (Å²) >= 11 is 0. The molecule has 0 spiro atoms. The third-order valence-electron chi connectivity index (χ3n) is 13.0. The molecule has 4 fully saturated rings. The fourth-order valence-corrected chi connectivity index (χ4v) is 10.5. The number of rotatable bonds is 4. The van der Waals surface area contributed by atoms with E-state index >= 15 is 0 Å². The summed E-state index contributed by atoms with van der Waals surface area (Å²) in [5, 5.41) is 0. The van der Waals surface area contributed by atoms with Gasteiger partial charge in [0.05, 0.1) is 36.3 Å². The maximum atomic E-state index is 13.0. The molecule has 3 aliphatic heterocycles. The van der Waals surface area contributed by atoms with Gasteiger partial charge in [-0.05, 0) is 103 Å². The van der Waals surface area contributed by atoms with Gasteiger partial charge in [0.15, 0.2) is 23.0 Å². The Labute approximate surface area is 312 Å². The molecule has 7 unspecified atom stereocenters. The van der Waals surface area contributed by atoms with Crippen molar-refractivity contribution in [1.82, 2.24) is 9.80 Å². The number of nitrogens with zero attached hydrogens (tertiary/aromatic N) is 2. The van der Waals surface area contributed by atoms with Crippen molar-refractivity contribution in [1.29, 1.82) is 0 Å². The number of benzene rings is 4. The van der Waals surface area contributed by atoms with Crippen LogP contribution in [0.1, 0.15) is 64.7 Å². The molecule has 10 heteroatoms. The monoisotopic (exact) mass is 724 g/mol. The second-order valence-electron chi connectivity index (χ2n) is 15.8. The molecule has 4 aromatic carbocycles. The highest BCUT2D eigenvalue weighted by atomic mass is 16.6. The molecule has 0 aromatic heterocycles. The highest BCUT2D eigenvalue weighted by molar-refractivity contribution is 6.05. The minimum atomic E-state index is -0.545. The number of amides is 4. The Balaban J connectivity index is 1.03. The van der Waals surface area contributed by atoms with E-state index in [4.69, 9.17) is 18.9 Å². The first-order valence-corrected chi connectivity index (χ1v) is 18.9. The standard InChI is InChI=1S/C44H40N2O8/c1-23-16-35-38(19-28(23)41(48)45(2)22-47)51-33-14-12-24(17-36(33)53-35)44(31-10-6-4-8-26(31)27-9-5-7-11-32(27)44)25-13-15-34-37(18-25)54-40-21-30-29(20-39(40)52-34)42(49)46(3)43(30)50/h4-12,14,16-17,19,22,25,29-30,34,37,39-40H,13,15,18,20-21H2,1-3H3. The van der Waals surface area contributed by atoms with Gasteiger partial charge in [-0.15, -0.1) is 0 Å². The molecule has 3 heterocycles. The molecular formula is C44H40N2O8. The van der Waals surface area contributed by atoms with Gasteiger partial charge in [0.25, 0.3) is 5.91 Å². The Morgan fingerprint density at radius 3 is 1.98 bits per heavy atom. The lowest BCUT2D eigenvalue weighted by Gasteiger charge is -2.52. The molecule has 10 nitrogen and oxygen atoms in total. The summed E-state index contributed by atoms with van der Waals surface area (Å²) in [7, 11) is 3.01. The molecule has 4 amide bonds. The molecular weight excluding hydrogens is 684 g/mol. The number of carbonyl (C=O) groups is 4. The number of carbonyl (C=O) groups excluding carboxylic acids is 4. The van der Waals surface area contributed by atoms with Gasteiger partial charge in [-0.1, -0.05) is 54.6 Å². The van der Waals surface area contributed by atoms with E-state index in [1.165, 1.54) is 34.2 Å². The average Bonchev–Trinajstić information content (AvgIpc) is 3.61. The number of aryl methyl sites for hydroxylation is 1. The number of fused-ring (bicyclic) bond motifs is 8. The second kappa shape index (κ2) is 12.1. The van der Waals surface area contributed by atoms with Crippen LogP contribution in [0.4, 0.5) is 0 Å². The number of hydrogen-bond acceptors (Lipinski definition) is 8.